The van der Waals surface area contributed by atoms with E-state index in [0.29, 0.717) is 17.5 Å². The highest BCUT2D eigenvalue weighted by molar-refractivity contribution is 7.92. The predicted octanol–water partition coefficient (Wildman–Crippen LogP) is 4.02. The molecule has 1 atom stereocenters. The molecule has 0 aliphatic heterocycles. The summed E-state index contributed by atoms with van der Waals surface area (Å²) in [5, 5.41) is 2.96. The molecule has 1 amide bonds. The van der Waals surface area contributed by atoms with E-state index in [1.807, 2.05) is 41.9 Å². The minimum Gasteiger partial charge on any atom is -0.338 e. The number of nitrogens with one attached hydrogen (secondary N) is 2. The highest BCUT2D eigenvalue weighted by Gasteiger charge is 2.22. The Morgan fingerprint density at radius 2 is 1.68 bits per heavy atom. The predicted molar refractivity (Wildman–Crippen MR) is 123 cm³/mol. The number of aromatic nitrogens is 2. The zero-order valence-electron chi connectivity index (χ0n) is 17.9. The maximum Gasteiger partial charge on any atom is 0.261 e. The number of hydrogen-bond donors (Lipinski definition) is 2. The SMILES string of the molecule is Cn1ccnc1C(NC(=O)c1ccc(NS(=O)(=O)c2ccc(F)c(F)c2)cc1)c1ccccc1. The second-order valence-electron chi connectivity index (χ2n) is 7.47. The van der Waals surface area contributed by atoms with E-state index in [2.05, 4.69) is 15.0 Å². The smallest absolute Gasteiger partial charge is 0.261 e. The third-order valence-corrected chi connectivity index (χ3v) is 6.50. The molecule has 34 heavy (non-hydrogen) atoms. The van der Waals surface area contributed by atoms with E-state index >= 15 is 0 Å². The standard InChI is InChI=1S/C24H20F2N4O3S/c1-30-14-13-27-23(30)22(16-5-3-2-4-6-16)28-24(31)17-7-9-18(10-8-17)29-34(32,33)19-11-12-20(25)21(26)15-19/h2-15,22,29H,1H3,(H,28,31). The van der Waals surface area contributed by atoms with Crippen LogP contribution < -0.4 is 10.0 Å². The van der Waals surface area contributed by atoms with Crippen molar-refractivity contribution in [2.45, 2.75) is 10.9 Å². The van der Waals surface area contributed by atoms with Gasteiger partial charge in [-0.05, 0) is 48.0 Å². The zero-order chi connectivity index (χ0) is 24.3. The van der Waals surface area contributed by atoms with Crippen LogP contribution in [0.4, 0.5) is 14.5 Å². The Kier molecular flexibility index (Phi) is 6.42. The maximum absolute atomic E-state index is 13.4. The average Bonchev–Trinajstić information content (AvgIpc) is 3.25. The Labute approximate surface area is 195 Å². The third kappa shape index (κ3) is 4.96. The van der Waals surface area contributed by atoms with Crippen molar-refractivity contribution in [1.29, 1.82) is 0 Å². The molecule has 1 heterocycles. The summed E-state index contributed by atoms with van der Waals surface area (Å²) in [7, 11) is -2.31. The number of halogens is 2. The number of imidazole rings is 1. The Hall–Kier alpha value is -4.05. The molecule has 0 saturated carbocycles. The van der Waals surface area contributed by atoms with Crippen molar-refractivity contribution in [3.05, 3.63) is 114 Å². The summed E-state index contributed by atoms with van der Waals surface area (Å²) in [5.41, 5.74) is 1.30. The van der Waals surface area contributed by atoms with Crippen molar-refractivity contribution < 1.29 is 22.0 Å². The molecular formula is C24H20F2N4O3S. The molecule has 4 rings (SSSR count). The average molecular weight is 483 g/mol. The molecule has 0 spiro atoms. The van der Waals surface area contributed by atoms with Crippen LogP contribution in [0.15, 0.2) is 90.1 Å². The minimum atomic E-state index is -4.14. The Morgan fingerprint density at radius 1 is 0.971 bits per heavy atom. The lowest BCUT2D eigenvalue weighted by Gasteiger charge is -2.19. The lowest BCUT2D eigenvalue weighted by atomic mass is 10.1. The van der Waals surface area contributed by atoms with Crippen LogP contribution in [0.2, 0.25) is 0 Å². The molecule has 10 heteroatoms. The van der Waals surface area contributed by atoms with Crippen LogP contribution in [-0.4, -0.2) is 23.9 Å². The topological polar surface area (TPSA) is 93.1 Å². The molecular weight excluding hydrogens is 462 g/mol. The van der Waals surface area contributed by atoms with Crippen molar-refractivity contribution in [2.75, 3.05) is 4.72 Å². The van der Waals surface area contributed by atoms with Crippen LogP contribution in [0, 0.1) is 11.6 Å². The van der Waals surface area contributed by atoms with Crippen molar-refractivity contribution in [3.63, 3.8) is 0 Å². The Bertz CT molecular complexity index is 1420. The molecule has 4 aromatic rings. The molecule has 0 bridgehead atoms. The number of nitrogens with zero attached hydrogens (tertiary/aromatic N) is 2. The Balaban J connectivity index is 1.52. The van der Waals surface area contributed by atoms with E-state index in [1.54, 1.807) is 12.4 Å². The number of hydrogen-bond acceptors (Lipinski definition) is 4. The summed E-state index contributed by atoms with van der Waals surface area (Å²) in [5.74, 6) is -2.15. The van der Waals surface area contributed by atoms with Gasteiger partial charge in [0.2, 0.25) is 0 Å². The third-order valence-electron chi connectivity index (χ3n) is 5.13. The number of benzene rings is 3. The molecule has 0 aliphatic carbocycles. The van der Waals surface area contributed by atoms with Crippen LogP contribution >= 0.6 is 0 Å². The van der Waals surface area contributed by atoms with E-state index in [0.717, 1.165) is 17.7 Å². The van der Waals surface area contributed by atoms with Gasteiger partial charge in [-0.15, -0.1) is 0 Å². The second-order valence-corrected chi connectivity index (χ2v) is 9.15. The maximum atomic E-state index is 13.4. The van der Waals surface area contributed by atoms with Gasteiger partial charge in [0.05, 0.1) is 4.90 Å². The first kappa shape index (κ1) is 23.1. The molecule has 174 valence electrons. The first-order chi connectivity index (χ1) is 16.2. The van der Waals surface area contributed by atoms with Gasteiger partial charge < -0.3 is 9.88 Å². The van der Waals surface area contributed by atoms with Crippen LogP contribution in [0.5, 0.6) is 0 Å². The van der Waals surface area contributed by atoms with Gasteiger partial charge in [0.25, 0.3) is 15.9 Å². The first-order valence-electron chi connectivity index (χ1n) is 10.2. The molecule has 2 N–H and O–H groups in total. The summed E-state index contributed by atoms with van der Waals surface area (Å²) >= 11 is 0. The number of amides is 1. The van der Waals surface area contributed by atoms with Gasteiger partial charge >= 0.3 is 0 Å². The van der Waals surface area contributed by atoms with Crippen molar-refractivity contribution >= 4 is 21.6 Å². The van der Waals surface area contributed by atoms with Gasteiger partial charge in [0.1, 0.15) is 11.9 Å². The monoisotopic (exact) mass is 482 g/mol. The van der Waals surface area contributed by atoms with E-state index in [9.17, 15) is 22.0 Å². The number of rotatable bonds is 7. The zero-order valence-corrected chi connectivity index (χ0v) is 18.8. The number of carbonyl (C=O) groups excluding carboxylic acids is 1. The van der Waals surface area contributed by atoms with E-state index in [-0.39, 0.29) is 11.6 Å². The molecule has 0 fully saturated rings. The molecule has 7 nitrogen and oxygen atoms in total. The van der Waals surface area contributed by atoms with Gasteiger partial charge in [0.15, 0.2) is 11.6 Å². The summed E-state index contributed by atoms with van der Waals surface area (Å²) in [6, 6.07) is 16.9. The largest absolute Gasteiger partial charge is 0.338 e. The molecule has 1 unspecified atom stereocenters. The number of aryl methyl sites for hydroxylation is 1. The first-order valence-corrected chi connectivity index (χ1v) is 11.6. The molecule has 1 aromatic heterocycles. The van der Waals surface area contributed by atoms with Gasteiger partial charge in [0, 0.05) is 30.7 Å². The number of carbonyl (C=O) groups is 1. The highest BCUT2D eigenvalue weighted by atomic mass is 32.2. The Morgan fingerprint density at radius 3 is 2.29 bits per heavy atom. The fourth-order valence-corrected chi connectivity index (χ4v) is 4.43. The van der Waals surface area contributed by atoms with E-state index in [1.165, 1.54) is 24.3 Å². The van der Waals surface area contributed by atoms with E-state index in [4.69, 9.17) is 0 Å². The number of sulfonamides is 1. The van der Waals surface area contributed by atoms with Gasteiger partial charge in [-0.1, -0.05) is 30.3 Å². The normalized spacial score (nSPS) is 12.2. The summed E-state index contributed by atoms with van der Waals surface area (Å²) < 4.78 is 55.6. The number of anilines is 1. The van der Waals surface area contributed by atoms with E-state index < -0.39 is 32.6 Å². The van der Waals surface area contributed by atoms with Gasteiger partial charge in [-0.2, -0.15) is 0 Å². The van der Waals surface area contributed by atoms with Crippen molar-refractivity contribution in [1.82, 2.24) is 14.9 Å². The summed E-state index contributed by atoms with van der Waals surface area (Å²) in [6.07, 6.45) is 3.43. The minimum absolute atomic E-state index is 0.157. The second kappa shape index (κ2) is 9.44. The van der Waals surface area contributed by atoms with Crippen LogP contribution in [0.25, 0.3) is 0 Å². The van der Waals surface area contributed by atoms with Crippen LogP contribution in [-0.2, 0) is 17.1 Å². The fraction of sp³-hybridized carbons (Fsp3) is 0.0833. The quantitative estimate of drug-likeness (QED) is 0.416. The molecule has 0 saturated heterocycles. The van der Waals surface area contributed by atoms with Gasteiger partial charge in [-0.3, -0.25) is 9.52 Å². The highest BCUT2D eigenvalue weighted by Crippen LogP contribution is 2.22. The van der Waals surface area contributed by atoms with Crippen molar-refractivity contribution in [2.24, 2.45) is 7.05 Å². The summed E-state index contributed by atoms with van der Waals surface area (Å²) in [6.45, 7) is 0. The van der Waals surface area contributed by atoms with Crippen LogP contribution in [0.1, 0.15) is 27.8 Å². The van der Waals surface area contributed by atoms with Crippen LogP contribution in [0.3, 0.4) is 0 Å². The van der Waals surface area contributed by atoms with Crippen molar-refractivity contribution in [3.8, 4) is 0 Å². The molecule has 0 radical (unpaired) electrons. The molecule has 3 aromatic carbocycles. The molecule has 0 aliphatic rings. The van der Waals surface area contributed by atoms with Gasteiger partial charge in [-0.25, -0.2) is 22.2 Å². The lowest BCUT2D eigenvalue weighted by Crippen LogP contribution is -2.31. The lowest BCUT2D eigenvalue weighted by molar-refractivity contribution is 0.0941. The summed E-state index contributed by atoms with van der Waals surface area (Å²) in [4.78, 5) is 16.9. The fourth-order valence-electron chi connectivity index (χ4n) is 3.36.